The topological polar surface area (TPSA) is 74.6 Å². The average molecular weight is 586 g/mol. The predicted octanol–water partition coefficient (Wildman–Crippen LogP) is 7.64. The number of methoxy groups -OCH3 is 1. The molecule has 0 radical (unpaired) electrons. The van der Waals surface area contributed by atoms with Crippen LogP contribution in [0, 0.1) is 6.92 Å². The number of thioether (sulfide) groups is 1. The van der Waals surface area contributed by atoms with Crippen LogP contribution in [0.5, 0.6) is 11.5 Å². The first-order chi connectivity index (χ1) is 20.5. The Kier molecular flexibility index (Phi) is 11.7. The highest BCUT2D eigenvalue weighted by molar-refractivity contribution is 7.98. The van der Waals surface area contributed by atoms with Crippen molar-refractivity contribution in [3.05, 3.63) is 96.1 Å². The molecule has 0 fully saturated rings. The summed E-state index contributed by atoms with van der Waals surface area (Å²) in [5.74, 6) is 2.13. The molecule has 4 aromatic rings. The maximum atomic E-state index is 12.7. The van der Waals surface area contributed by atoms with Crippen molar-refractivity contribution in [3.8, 4) is 22.6 Å². The number of carbonyl (C=O) groups is 1. The summed E-state index contributed by atoms with van der Waals surface area (Å²) in [7, 11) is 1.62. The number of anilines is 1. The maximum Gasteiger partial charge on any atom is 0.248 e. The fraction of sp³-hybridized carbons (Fsp3) is 0.294. The molecule has 220 valence electrons. The van der Waals surface area contributed by atoms with Crippen molar-refractivity contribution in [2.75, 3.05) is 32.2 Å². The van der Waals surface area contributed by atoms with Crippen molar-refractivity contribution >= 4 is 29.4 Å². The fourth-order valence-electron chi connectivity index (χ4n) is 4.36. The lowest BCUT2D eigenvalue weighted by molar-refractivity contribution is -0.111. The van der Waals surface area contributed by atoms with Gasteiger partial charge < -0.3 is 24.1 Å². The molecule has 0 saturated carbocycles. The molecule has 1 amide bonds. The molecule has 0 aliphatic heterocycles. The zero-order valence-electron chi connectivity index (χ0n) is 24.8. The summed E-state index contributed by atoms with van der Waals surface area (Å²) in [5, 5.41) is 2.94. The standard InChI is InChI=1S/C34H39N3O4S/c1-5-19-40-20-21-41-30-13-7-26(8-14-30)27-9-17-33(39-4)28(22-27)10-18-34(38)36-29-11-15-31(16-12-29)42-23-32-25(3)35-24-37(32)6-2/h7-18,22,24H,5-6,19-21,23H2,1-4H3,(H,36,38)/b18-10+. The smallest absolute Gasteiger partial charge is 0.248 e. The number of hydrogen-bond donors (Lipinski definition) is 1. The lowest BCUT2D eigenvalue weighted by Gasteiger charge is -2.10. The molecule has 0 unspecified atom stereocenters. The van der Waals surface area contributed by atoms with E-state index in [9.17, 15) is 4.79 Å². The lowest BCUT2D eigenvalue weighted by Crippen LogP contribution is -2.07. The highest BCUT2D eigenvalue weighted by atomic mass is 32.2. The van der Waals surface area contributed by atoms with Crippen LogP contribution >= 0.6 is 11.8 Å². The third-order valence-corrected chi connectivity index (χ3v) is 7.69. The van der Waals surface area contributed by atoms with Gasteiger partial charge in [0.2, 0.25) is 5.91 Å². The molecule has 42 heavy (non-hydrogen) atoms. The van der Waals surface area contributed by atoms with E-state index in [4.69, 9.17) is 14.2 Å². The number of hydrogen-bond acceptors (Lipinski definition) is 6. The minimum atomic E-state index is -0.213. The fourth-order valence-corrected chi connectivity index (χ4v) is 5.36. The number of amides is 1. The largest absolute Gasteiger partial charge is 0.496 e. The van der Waals surface area contributed by atoms with Gasteiger partial charge in [0.05, 0.1) is 31.4 Å². The first-order valence-electron chi connectivity index (χ1n) is 14.2. The Bertz CT molecular complexity index is 1460. The zero-order chi connectivity index (χ0) is 29.7. The molecular formula is C34H39N3O4S. The van der Waals surface area contributed by atoms with Crippen LogP contribution in [-0.2, 0) is 21.8 Å². The Balaban J connectivity index is 1.34. The van der Waals surface area contributed by atoms with Gasteiger partial charge in [-0.05, 0) is 86.0 Å². The summed E-state index contributed by atoms with van der Waals surface area (Å²) < 4.78 is 18.9. The Morgan fingerprint density at radius 3 is 2.45 bits per heavy atom. The summed E-state index contributed by atoms with van der Waals surface area (Å²) in [5.41, 5.74) is 5.90. The number of ether oxygens (including phenoxy) is 3. The van der Waals surface area contributed by atoms with Crippen molar-refractivity contribution in [3.63, 3.8) is 0 Å². The summed E-state index contributed by atoms with van der Waals surface area (Å²) >= 11 is 1.75. The molecule has 8 heteroatoms. The van der Waals surface area contributed by atoms with E-state index in [1.54, 1.807) is 24.9 Å². The molecule has 3 aromatic carbocycles. The van der Waals surface area contributed by atoms with Crippen LogP contribution in [0.2, 0.25) is 0 Å². The number of nitrogens with zero attached hydrogens (tertiary/aromatic N) is 2. The van der Waals surface area contributed by atoms with Gasteiger partial charge in [-0.25, -0.2) is 4.98 Å². The summed E-state index contributed by atoms with van der Waals surface area (Å²) in [4.78, 5) is 18.3. The second kappa shape index (κ2) is 15.8. The number of benzene rings is 3. The molecule has 1 heterocycles. The summed E-state index contributed by atoms with van der Waals surface area (Å²) in [6, 6.07) is 21.8. The van der Waals surface area contributed by atoms with Crippen molar-refractivity contribution in [2.24, 2.45) is 0 Å². The van der Waals surface area contributed by atoms with E-state index in [1.165, 1.54) is 11.8 Å². The molecule has 0 saturated heterocycles. The van der Waals surface area contributed by atoms with Gasteiger partial charge in [-0.3, -0.25) is 4.79 Å². The van der Waals surface area contributed by atoms with Gasteiger partial charge in [-0.15, -0.1) is 11.8 Å². The monoisotopic (exact) mass is 585 g/mol. The average Bonchev–Trinajstić information content (AvgIpc) is 3.38. The van der Waals surface area contributed by atoms with Crippen LogP contribution in [0.4, 0.5) is 5.69 Å². The van der Waals surface area contributed by atoms with Crippen LogP contribution in [-0.4, -0.2) is 42.4 Å². The van der Waals surface area contributed by atoms with Crippen molar-refractivity contribution in [1.82, 2.24) is 9.55 Å². The Morgan fingerprint density at radius 1 is 0.976 bits per heavy atom. The molecule has 4 rings (SSSR count). The van der Waals surface area contributed by atoms with E-state index in [-0.39, 0.29) is 5.91 Å². The minimum absolute atomic E-state index is 0.213. The number of carbonyl (C=O) groups excluding carboxylic acids is 1. The normalized spacial score (nSPS) is 11.1. The highest BCUT2D eigenvalue weighted by Crippen LogP contribution is 2.29. The highest BCUT2D eigenvalue weighted by Gasteiger charge is 2.08. The summed E-state index contributed by atoms with van der Waals surface area (Å²) in [6.45, 7) is 9.00. The SMILES string of the molecule is CCCOCCOc1ccc(-c2ccc(OC)c(/C=C/C(=O)Nc3ccc(SCc4c(C)ncn4CC)cc3)c2)cc1. The van der Waals surface area contributed by atoms with Gasteiger partial charge in [0, 0.05) is 41.1 Å². The number of aryl methyl sites for hydroxylation is 2. The van der Waals surface area contributed by atoms with E-state index in [2.05, 4.69) is 28.7 Å². The Hall–Kier alpha value is -4.01. The predicted molar refractivity (Wildman–Crippen MR) is 171 cm³/mol. The van der Waals surface area contributed by atoms with E-state index in [1.807, 2.05) is 80.0 Å². The van der Waals surface area contributed by atoms with E-state index in [0.29, 0.717) is 19.0 Å². The Morgan fingerprint density at radius 2 is 1.74 bits per heavy atom. The molecular weight excluding hydrogens is 546 g/mol. The number of imidazole rings is 1. The molecule has 0 spiro atoms. The lowest BCUT2D eigenvalue weighted by atomic mass is 10.0. The van der Waals surface area contributed by atoms with Gasteiger partial charge >= 0.3 is 0 Å². The van der Waals surface area contributed by atoms with Crippen LogP contribution < -0.4 is 14.8 Å². The second-order valence-corrected chi connectivity index (χ2v) is 10.7. The van der Waals surface area contributed by atoms with Crippen molar-refractivity contribution < 1.29 is 19.0 Å². The molecule has 0 bridgehead atoms. The number of rotatable bonds is 15. The molecule has 1 aromatic heterocycles. The summed E-state index contributed by atoms with van der Waals surface area (Å²) in [6.07, 6.45) is 6.19. The molecule has 0 aliphatic carbocycles. The number of nitrogens with one attached hydrogen (secondary N) is 1. The van der Waals surface area contributed by atoms with Crippen molar-refractivity contribution in [2.45, 2.75) is 44.4 Å². The van der Waals surface area contributed by atoms with Gasteiger partial charge in [0.15, 0.2) is 0 Å². The molecule has 1 N–H and O–H groups in total. The van der Waals surface area contributed by atoms with Crippen LogP contribution in [0.1, 0.15) is 37.2 Å². The van der Waals surface area contributed by atoms with Gasteiger partial charge in [0.25, 0.3) is 0 Å². The second-order valence-electron chi connectivity index (χ2n) is 9.64. The number of aromatic nitrogens is 2. The van der Waals surface area contributed by atoms with Gasteiger partial charge in [-0.1, -0.05) is 25.1 Å². The maximum absolute atomic E-state index is 12.7. The Labute approximate surface area is 252 Å². The minimum Gasteiger partial charge on any atom is -0.496 e. The quantitative estimate of drug-likeness (QED) is 0.0878. The van der Waals surface area contributed by atoms with Crippen LogP contribution in [0.25, 0.3) is 17.2 Å². The first kappa shape index (κ1) is 30.9. The van der Waals surface area contributed by atoms with Crippen molar-refractivity contribution in [1.29, 1.82) is 0 Å². The van der Waals surface area contributed by atoms with Gasteiger partial charge in [0.1, 0.15) is 18.1 Å². The first-order valence-corrected chi connectivity index (χ1v) is 15.2. The van der Waals surface area contributed by atoms with Crippen LogP contribution in [0.3, 0.4) is 0 Å². The van der Waals surface area contributed by atoms with Gasteiger partial charge in [-0.2, -0.15) is 0 Å². The van der Waals surface area contributed by atoms with E-state index >= 15 is 0 Å². The third-order valence-electron chi connectivity index (χ3n) is 6.67. The van der Waals surface area contributed by atoms with E-state index < -0.39 is 0 Å². The molecule has 0 atom stereocenters. The van der Waals surface area contributed by atoms with Crippen LogP contribution in [0.15, 0.2) is 84.0 Å². The zero-order valence-corrected chi connectivity index (χ0v) is 25.6. The third kappa shape index (κ3) is 8.74. The molecule has 0 aliphatic rings. The molecule has 7 nitrogen and oxygen atoms in total. The van der Waals surface area contributed by atoms with E-state index in [0.717, 1.165) is 64.0 Å².